The normalized spacial score (nSPS) is 12.4. The third-order valence-electron chi connectivity index (χ3n) is 5.90. The Morgan fingerprint density at radius 1 is 0.946 bits per heavy atom. The smallest absolute Gasteiger partial charge is 0.282 e. The summed E-state index contributed by atoms with van der Waals surface area (Å²) < 4.78 is 18.2. The number of rotatable bonds is 6. The molecule has 0 amide bonds. The Hall–Kier alpha value is -4.62. The maximum Gasteiger partial charge on any atom is 0.282 e. The van der Waals surface area contributed by atoms with Gasteiger partial charge < -0.3 is 14.2 Å². The number of ether oxygens (including phenoxy) is 3. The molecule has 7 nitrogen and oxygen atoms in total. The van der Waals surface area contributed by atoms with E-state index in [1.165, 1.54) is 4.68 Å². The van der Waals surface area contributed by atoms with Crippen LogP contribution in [0.5, 0.6) is 17.2 Å². The molecule has 37 heavy (non-hydrogen) atoms. The van der Waals surface area contributed by atoms with Crippen LogP contribution in [-0.2, 0) is 6.61 Å². The molecule has 1 aliphatic rings. The van der Waals surface area contributed by atoms with E-state index in [0.717, 1.165) is 11.1 Å². The minimum Gasteiger partial charge on any atom is -0.488 e. The number of benzene rings is 4. The van der Waals surface area contributed by atoms with E-state index in [9.17, 15) is 4.79 Å². The van der Waals surface area contributed by atoms with Crippen LogP contribution in [0.2, 0.25) is 5.02 Å². The molecule has 0 bridgehead atoms. The highest BCUT2D eigenvalue weighted by molar-refractivity contribution is 6.30. The van der Waals surface area contributed by atoms with Crippen LogP contribution in [0, 0.1) is 0 Å². The van der Waals surface area contributed by atoms with Crippen LogP contribution in [0.1, 0.15) is 11.1 Å². The Morgan fingerprint density at radius 3 is 2.65 bits per heavy atom. The third kappa shape index (κ3) is 4.64. The van der Waals surface area contributed by atoms with Gasteiger partial charge in [-0.1, -0.05) is 60.1 Å². The first-order chi connectivity index (χ1) is 18.2. The minimum atomic E-state index is -0.273. The zero-order valence-corrected chi connectivity index (χ0v) is 20.3. The summed E-state index contributed by atoms with van der Waals surface area (Å²) in [7, 11) is 0. The molecule has 1 aliphatic heterocycles. The minimum absolute atomic E-state index is 0.214. The van der Waals surface area contributed by atoms with Crippen LogP contribution in [0.15, 0.2) is 101 Å². The van der Waals surface area contributed by atoms with Gasteiger partial charge in [-0.2, -0.15) is 9.78 Å². The van der Waals surface area contributed by atoms with Crippen molar-refractivity contribution in [3.63, 3.8) is 0 Å². The zero-order chi connectivity index (χ0) is 25.2. The first kappa shape index (κ1) is 22.8. The summed E-state index contributed by atoms with van der Waals surface area (Å²) >= 11 is 6.29. The lowest BCUT2D eigenvalue weighted by molar-refractivity contribution is 0.174. The fourth-order valence-corrected chi connectivity index (χ4v) is 4.25. The van der Waals surface area contributed by atoms with Gasteiger partial charge in [-0.05, 0) is 48.0 Å². The number of para-hydroxylation sites is 1. The van der Waals surface area contributed by atoms with Crippen LogP contribution in [0.4, 0.5) is 0 Å². The number of hydrogen-bond acceptors (Lipinski definition) is 6. The van der Waals surface area contributed by atoms with Crippen molar-refractivity contribution in [2.75, 3.05) is 6.79 Å². The van der Waals surface area contributed by atoms with Gasteiger partial charge in [0.2, 0.25) is 6.79 Å². The van der Waals surface area contributed by atoms with E-state index >= 15 is 0 Å². The average molecular weight is 510 g/mol. The van der Waals surface area contributed by atoms with Crippen molar-refractivity contribution in [3.8, 4) is 28.6 Å². The maximum absolute atomic E-state index is 13.4. The quantitative estimate of drug-likeness (QED) is 0.266. The topological polar surface area (TPSA) is 74.9 Å². The fraction of sp³-hybridized carbons (Fsp3) is 0.0690. The molecule has 0 spiro atoms. The largest absolute Gasteiger partial charge is 0.488 e. The summed E-state index contributed by atoms with van der Waals surface area (Å²) in [5.74, 6) is 2.40. The Kier molecular flexibility index (Phi) is 6.04. The van der Waals surface area contributed by atoms with Gasteiger partial charge in [0.15, 0.2) is 17.3 Å². The average Bonchev–Trinajstić information content (AvgIpc) is 3.40. The summed E-state index contributed by atoms with van der Waals surface area (Å²) in [6.07, 6.45) is 1.56. The van der Waals surface area contributed by atoms with E-state index in [0.29, 0.717) is 51.2 Å². The Balaban J connectivity index is 1.37. The van der Waals surface area contributed by atoms with E-state index in [-0.39, 0.29) is 12.4 Å². The third-order valence-corrected chi connectivity index (χ3v) is 6.14. The Labute approximate surface area is 217 Å². The Bertz CT molecular complexity index is 1700. The van der Waals surface area contributed by atoms with Gasteiger partial charge in [-0.3, -0.25) is 4.79 Å². The fourth-order valence-electron chi connectivity index (χ4n) is 4.07. The summed E-state index contributed by atoms with van der Waals surface area (Å²) in [6, 6.07) is 27.6. The van der Waals surface area contributed by atoms with Gasteiger partial charge in [-0.15, -0.1) is 0 Å². The molecule has 0 saturated carbocycles. The van der Waals surface area contributed by atoms with Crippen molar-refractivity contribution in [1.29, 1.82) is 0 Å². The van der Waals surface area contributed by atoms with Gasteiger partial charge in [0.1, 0.15) is 12.4 Å². The van der Waals surface area contributed by atoms with Crippen LogP contribution in [-0.4, -0.2) is 22.7 Å². The molecule has 4 aromatic carbocycles. The molecular formula is C29H20ClN3O4. The SMILES string of the molecule is O=c1c2ccccc2nc(-c2ccccc2)n1N=Cc1cc(Cl)ccc1OCc1ccc2c(c1)OCO2. The summed E-state index contributed by atoms with van der Waals surface area (Å²) in [5.41, 5.74) is 2.64. The van der Waals surface area contributed by atoms with Crippen molar-refractivity contribution in [2.24, 2.45) is 5.10 Å². The van der Waals surface area contributed by atoms with E-state index < -0.39 is 0 Å². The number of fused-ring (bicyclic) bond motifs is 2. The van der Waals surface area contributed by atoms with Gasteiger partial charge in [-0.25, -0.2) is 4.98 Å². The lowest BCUT2D eigenvalue weighted by atomic mass is 10.2. The predicted octanol–water partition coefficient (Wildman–Crippen LogP) is 5.91. The van der Waals surface area contributed by atoms with E-state index in [1.807, 2.05) is 60.7 Å². The van der Waals surface area contributed by atoms with Crippen LogP contribution >= 0.6 is 11.6 Å². The molecule has 6 rings (SSSR count). The van der Waals surface area contributed by atoms with Crippen molar-refractivity contribution >= 4 is 28.7 Å². The number of nitrogens with zero attached hydrogens (tertiary/aromatic N) is 3. The molecule has 0 N–H and O–H groups in total. The monoisotopic (exact) mass is 509 g/mol. The standard InChI is InChI=1S/C29H20ClN3O4/c30-22-11-13-25(35-17-19-10-12-26-27(14-19)37-18-36-26)21(15-22)16-31-33-28(20-6-2-1-3-7-20)32-24-9-5-4-8-23(24)29(33)34/h1-16H,17-18H2. The molecular weight excluding hydrogens is 490 g/mol. The van der Waals surface area contributed by atoms with Crippen LogP contribution in [0.3, 0.4) is 0 Å². The van der Waals surface area contributed by atoms with Crippen LogP contribution < -0.4 is 19.8 Å². The Morgan fingerprint density at radius 2 is 1.76 bits per heavy atom. The van der Waals surface area contributed by atoms with E-state index in [1.54, 1.807) is 36.5 Å². The van der Waals surface area contributed by atoms with Crippen molar-refractivity contribution in [1.82, 2.24) is 9.66 Å². The van der Waals surface area contributed by atoms with Crippen LogP contribution in [0.25, 0.3) is 22.3 Å². The molecule has 0 aliphatic carbocycles. The molecule has 0 saturated heterocycles. The van der Waals surface area contributed by atoms with Crippen molar-refractivity contribution in [3.05, 3.63) is 117 Å². The molecule has 1 aromatic heterocycles. The summed E-state index contributed by atoms with van der Waals surface area (Å²) in [4.78, 5) is 18.2. The second kappa shape index (κ2) is 9.79. The second-order valence-corrected chi connectivity index (χ2v) is 8.77. The second-order valence-electron chi connectivity index (χ2n) is 8.34. The van der Waals surface area contributed by atoms with E-state index in [4.69, 9.17) is 30.8 Å². The van der Waals surface area contributed by atoms with Gasteiger partial charge >= 0.3 is 0 Å². The molecule has 0 radical (unpaired) electrons. The zero-order valence-electron chi connectivity index (χ0n) is 19.5. The molecule has 0 atom stereocenters. The highest BCUT2D eigenvalue weighted by atomic mass is 35.5. The van der Waals surface area contributed by atoms with Gasteiger partial charge in [0.25, 0.3) is 5.56 Å². The lowest BCUT2D eigenvalue weighted by Crippen LogP contribution is -2.20. The molecule has 5 aromatic rings. The van der Waals surface area contributed by atoms with Gasteiger partial charge in [0, 0.05) is 16.1 Å². The van der Waals surface area contributed by atoms with Crippen molar-refractivity contribution in [2.45, 2.75) is 6.61 Å². The molecule has 0 unspecified atom stereocenters. The molecule has 182 valence electrons. The van der Waals surface area contributed by atoms with Gasteiger partial charge in [0.05, 0.1) is 17.1 Å². The number of aromatic nitrogens is 2. The van der Waals surface area contributed by atoms with E-state index in [2.05, 4.69) is 5.10 Å². The summed E-state index contributed by atoms with van der Waals surface area (Å²) in [5, 5.41) is 5.54. The first-order valence-corrected chi connectivity index (χ1v) is 12.0. The highest BCUT2D eigenvalue weighted by Gasteiger charge is 2.15. The summed E-state index contributed by atoms with van der Waals surface area (Å²) in [6.45, 7) is 0.511. The predicted molar refractivity (Wildman–Crippen MR) is 143 cm³/mol. The first-order valence-electron chi connectivity index (χ1n) is 11.6. The molecule has 0 fully saturated rings. The molecule has 8 heteroatoms. The number of hydrogen-bond donors (Lipinski definition) is 0. The maximum atomic E-state index is 13.4. The highest BCUT2D eigenvalue weighted by Crippen LogP contribution is 2.33. The lowest BCUT2D eigenvalue weighted by Gasteiger charge is -2.11. The van der Waals surface area contributed by atoms with Crippen molar-refractivity contribution < 1.29 is 14.2 Å². The molecule has 2 heterocycles. The number of halogens is 1.